The molecule has 0 bridgehead atoms. The van der Waals surface area contributed by atoms with Crippen molar-refractivity contribution in [2.24, 2.45) is 5.92 Å². The summed E-state index contributed by atoms with van der Waals surface area (Å²) in [6.07, 6.45) is 3.37. The fourth-order valence-corrected chi connectivity index (χ4v) is 4.09. The molecule has 0 radical (unpaired) electrons. The number of hydrogen-bond acceptors (Lipinski definition) is 4. The fraction of sp³-hybridized carbons (Fsp3) is 0.562. The molecule has 3 rings (SSSR count). The summed E-state index contributed by atoms with van der Waals surface area (Å²) in [7, 11) is -3.63. The van der Waals surface area contributed by atoms with Crippen LogP contribution in [-0.4, -0.2) is 39.6 Å². The Hall–Kier alpha value is -1.15. The number of nitrogens with one attached hydrogen (secondary N) is 2. The Bertz CT molecular complexity index is 689. The highest BCUT2D eigenvalue weighted by Crippen LogP contribution is 2.38. The summed E-state index contributed by atoms with van der Waals surface area (Å²) in [5, 5.41) is 3.44. The highest BCUT2D eigenvalue weighted by Gasteiger charge is 2.41. The molecule has 1 aliphatic carbocycles. The maximum Gasteiger partial charge on any atom is 0.240 e. The van der Waals surface area contributed by atoms with Crippen molar-refractivity contribution in [3.63, 3.8) is 0 Å². The predicted octanol–water partition coefficient (Wildman–Crippen LogP) is 1.69. The highest BCUT2D eigenvalue weighted by atomic mass is 35.5. The molecule has 2 N–H and O–H groups in total. The minimum atomic E-state index is -3.63. The molecular weight excluding hydrogens is 352 g/mol. The molecular formula is C16H21ClN2O4S. The van der Waals surface area contributed by atoms with E-state index in [2.05, 4.69) is 10.0 Å². The van der Waals surface area contributed by atoms with Crippen LogP contribution in [0.2, 0.25) is 5.02 Å². The number of hydrogen-bond donors (Lipinski definition) is 2. The fourth-order valence-electron chi connectivity index (χ4n) is 2.93. The van der Waals surface area contributed by atoms with Crippen LogP contribution in [0.25, 0.3) is 0 Å². The lowest BCUT2D eigenvalue weighted by molar-refractivity contribution is -0.122. The zero-order valence-corrected chi connectivity index (χ0v) is 14.8. The Labute approximate surface area is 147 Å². The van der Waals surface area contributed by atoms with Gasteiger partial charge in [-0.05, 0) is 49.4 Å². The number of rotatable bonds is 7. The van der Waals surface area contributed by atoms with E-state index in [0.29, 0.717) is 17.5 Å². The lowest BCUT2D eigenvalue weighted by Gasteiger charge is -2.19. The van der Waals surface area contributed by atoms with E-state index in [9.17, 15) is 13.2 Å². The van der Waals surface area contributed by atoms with Crippen LogP contribution in [0.5, 0.6) is 0 Å². The topological polar surface area (TPSA) is 84.5 Å². The molecule has 0 unspecified atom stereocenters. The predicted molar refractivity (Wildman–Crippen MR) is 90.3 cm³/mol. The van der Waals surface area contributed by atoms with Gasteiger partial charge in [-0.25, -0.2) is 13.1 Å². The highest BCUT2D eigenvalue weighted by molar-refractivity contribution is 7.89. The molecule has 1 saturated carbocycles. The van der Waals surface area contributed by atoms with Gasteiger partial charge in [0.1, 0.15) is 0 Å². The van der Waals surface area contributed by atoms with Crippen LogP contribution in [0.15, 0.2) is 29.2 Å². The standard InChI is InChI=1S/C16H21ClN2O4S/c17-12-3-5-13(6-4-12)24(21,22)18-9-7-15(20)19-14-8-10-23-16(14)11-1-2-11/h3-6,11,14,16,18H,1-2,7-10H2,(H,19,20)/t14-,16+/m0/s1. The van der Waals surface area contributed by atoms with Gasteiger partial charge in [0.05, 0.1) is 17.0 Å². The van der Waals surface area contributed by atoms with Crippen LogP contribution in [-0.2, 0) is 19.6 Å². The summed E-state index contributed by atoms with van der Waals surface area (Å²) >= 11 is 5.75. The third-order valence-electron chi connectivity index (χ3n) is 4.34. The molecule has 24 heavy (non-hydrogen) atoms. The zero-order chi connectivity index (χ0) is 17.2. The van der Waals surface area contributed by atoms with Gasteiger partial charge in [0.2, 0.25) is 15.9 Å². The lowest BCUT2D eigenvalue weighted by Crippen LogP contribution is -2.42. The minimum absolute atomic E-state index is 0.0536. The first kappa shape index (κ1) is 17.7. The minimum Gasteiger partial charge on any atom is -0.376 e. The smallest absolute Gasteiger partial charge is 0.240 e. The van der Waals surface area contributed by atoms with Gasteiger partial charge in [-0.3, -0.25) is 4.79 Å². The zero-order valence-electron chi connectivity index (χ0n) is 13.2. The first-order valence-corrected chi connectivity index (χ1v) is 9.98. The van der Waals surface area contributed by atoms with Gasteiger partial charge in [-0.15, -0.1) is 0 Å². The van der Waals surface area contributed by atoms with Crippen LogP contribution in [0.4, 0.5) is 0 Å². The monoisotopic (exact) mass is 372 g/mol. The van der Waals surface area contributed by atoms with Gasteiger partial charge in [-0.2, -0.15) is 0 Å². The molecule has 8 heteroatoms. The third kappa shape index (κ3) is 4.47. The lowest BCUT2D eigenvalue weighted by atomic mass is 10.1. The Balaban J connectivity index is 1.45. The van der Waals surface area contributed by atoms with E-state index in [1.54, 1.807) is 0 Å². The van der Waals surface area contributed by atoms with Gasteiger partial charge >= 0.3 is 0 Å². The van der Waals surface area contributed by atoms with E-state index in [4.69, 9.17) is 16.3 Å². The summed E-state index contributed by atoms with van der Waals surface area (Å²) in [5.41, 5.74) is 0. The molecule has 1 aromatic rings. The summed E-state index contributed by atoms with van der Waals surface area (Å²) in [4.78, 5) is 12.2. The third-order valence-corrected chi connectivity index (χ3v) is 6.07. The average molecular weight is 373 g/mol. The van der Waals surface area contributed by atoms with Crippen molar-refractivity contribution < 1.29 is 17.9 Å². The molecule has 1 amide bonds. The van der Waals surface area contributed by atoms with Gasteiger partial charge < -0.3 is 10.1 Å². The Kier molecular flexibility index (Phi) is 5.44. The maximum absolute atomic E-state index is 12.1. The summed E-state index contributed by atoms with van der Waals surface area (Å²) in [5.74, 6) is 0.413. The quantitative estimate of drug-likeness (QED) is 0.762. The van der Waals surface area contributed by atoms with Gasteiger partial charge in [0.25, 0.3) is 0 Å². The normalized spacial score (nSPS) is 24.0. The number of ether oxygens (including phenoxy) is 1. The van der Waals surface area contributed by atoms with Gasteiger partial charge in [0.15, 0.2) is 0 Å². The number of sulfonamides is 1. The SMILES string of the molecule is O=C(CCNS(=O)(=O)c1ccc(Cl)cc1)N[C@H]1CCO[C@@H]1C1CC1. The van der Waals surface area contributed by atoms with Crippen molar-refractivity contribution in [1.82, 2.24) is 10.0 Å². The summed E-state index contributed by atoms with van der Waals surface area (Å²) in [6.45, 7) is 0.730. The summed E-state index contributed by atoms with van der Waals surface area (Å²) < 4.78 is 32.3. The first-order chi connectivity index (χ1) is 11.5. The van der Waals surface area contributed by atoms with E-state index in [1.807, 2.05) is 0 Å². The average Bonchev–Trinajstić information content (AvgIpc) is 3.28. The van der Waals surface area contributed by atoms with Crippen LogP contribution < -0.4 is 10.0 Å². The second-order valence-electron chi connectivity index (χ2n) is 6.24. The van der Waals surface area contributed by atoms with Crippen molar-refractivity contribution in [1.29, 1.82) is 0 Å². The van der Waals surface area contributed by atoms with Crippen LogP contribution in [0, 0.1) is 5.92 Å². The van der Waals surface area contributed by atoms with E-state index >= 15 is 0 Å². The van der Waals surface area contributed by atoms with Crippen molar-refractivity contribution in [3.8, 4) is 0 Å². The summed E-state index contributed by atoms with van der Waals surface area (Å²) in [6, 6.07) is 5.95. The number of carbonyl (C=O) groups excluding carboxylic acids is 1. The number of halogens is 1. The molecule has 132 valence electrons. The van der Waals surface area contributed by atoms with Gasteiger partial charge in [-0.1, -0.05) is 11.6 Å². The molecule has 1 aromatic carbocycles. The molecule has 1 heterocycles. The van der Waals surface area contributed by atoms with Crippen molar-refractivity contribution in [2.45, 2.75) is 42.7 Å². The molecule has 2 atom stereocenters. The Morgan fingerprint density at radius 2 is 1.92 bits per heavy atom. The Morgan fingerprint density at radius 3 is 2.58 bits per heavy atom. The number of amides is 1. The van der Waals surface area contributed by atoms with Crippen molar-refractivity contribution in [3.05, 3.63) is 29.3 Å². The number of benzene rings is 1. The van der Waals surface area contributed by atoms with Gasteiger partial charge in [0, 0.05) is 24.6 Å². The largest absolute Gasteiger partial charge is 0.376 e. The first-order valence-electron chi connectivity index (χ1n) is 8.12. The molecule has 2 aliphatic rings. The van der Waals surface area contributed by atoms with Crippen LogP contribution in [0.1, 0.15) is 25.7 Å². The van der Waals surface area contributed by atoms with E-state index < -0.39 is 10.0 Å². The molecule has 0 spiro atoms. The van der Waals surface area contributed by atoms with Crippen molar-refractivity contribution in [2.75, 3.05) is 13.2 Å². The number of carbonyl (C=O) groups is 1. The molecule has 0 aromatic heterocycles. The molecule has 6 nitrogen and oxygen atoms in total. The van der Waals surface area contributed by atoms with E-state index in [-0.39, 0.29) is 35.9 Å². The van der Waals surface area contributed by atoms with E-state index in [0.717, 1.165) is 19.3 Å². The van der Waals surface area contributed by atoms with Crippen LogP contribution >= 0.6 is 11.6 Å². The van der Waals surface area contributed by atoms with E-state index in [1.165, 1.54) is 24.3 Å². The second-order valence-corrected chi connectivity index (χ2v) is 8.44. The second kappa shape index (κ2) is 7.39. The molecule has 2 fully saturated rings. The maximum atomic E-state index is 12.1. The molecule has 1 aliphatic heterocycles. The Morgan fingerprint density at radius 1 is 1.21 bits per heavy atom. The van der Waals surface area contributed by atoms with Crippen molar-refractivity contribution >= 4 is 27.5 Å². The molecule has 1 saturated heterocycles. The van der Waals surface area contributed by atoms with Crippen LogP contribution in [0.3, 0.4) is 0 Å².